The van der Waals surface area contributed by atoms with Crippen molar-refractivity contribution in [1.82, 2.24) is 10.3 Å². The topological polar surface area (TPSA) is 79.3 Å². The zero-order valence-corrected chi connectivity index (χ0v) is 13.1. The van der Waals surface area contributed by atoms with Gasteiger partial charge in [0.15, 0.2) is 0 Å². The Kier molecular flexibility index (Phi) is 4.66. The van der Waals surface area contributed by atoms with Gasteiger partial charge in [-0.1, -0.05) is 11.6 Å². The van der Waals surface area contributed by atoms with Crippen molar-refractivity contribution in [2.75, 3.05) is 6.54 Å². The molecule has 0 saturated carbocycles. The van der Waals surface area contributed by atoms with Gasteiger partial charge in [-0.15, -0.1) is 0 Å². The molecule has 6 heteroatoms. The van der Waals surface area contributed by atoms with Crippen molar-refractivity contribution >= 4 is 34.4 Å². The molecule has 0 spiro atoms. The summed E-state index contributed by atoms with van der Waals surface area (Å²) < 4.78 is 0. The summed E-state index contributed by atoms with van der Waals surface area (Å²) >= 11 is 6.10. The fourth-order valence-corrected chi connectivity index (χ4v) is 2.23. The van der Waals surface area contributed by atoms with Gasteiger partial charge in [0, 0.05) is 18.1 Å². The number of pyridine rings is 1. The quantitative estimate of drug-likeness (QED) is 0.887. The molecule has 2 aromatic rings. The van der Waals surface area contributed by atoms with Crippen molar-refractivity contribution in [1.29, 1.82) is 0 Å². The lowest BCUT2D eigenvalue weighted by Crippen LogP contribution is -2.32. The number of aliphatic carboxylic acids is 1. The summed E-state index contributed by atoms with van der Waals surface area (Å²) in [4.78, 5) is 27.5. The molecule has 0 atom stereocenters. The molecule has 1 heterocycles. The van der Waals surface area contributed by atoms with Crippen LogP contribution in [0.4, 0.5) is 0 Å². The zero-order valence-electron chi connectivity index (χ0n) is 12.4. The molecule has 0 unspecified atom stereocenters. The molecule has 1 amide bonds. The third-order valence-corrected chi connectivity index (χ3v) is 3.91. The van der Waals surface area contributed by atoms with Crippen LogP contribution in [-0.4, -0.2) is 28.5 Å². The van der Waals surface area contributed by atoms with E-state index in [0.29, 0.717) is 27.9 Å². The Labute approximate surface area is 133 Å². The lowest BCUT2D eigenvalue weighted by Gasteiger charge is -2.19. The van der Waals surface area contributed by atoms with Crippen molar-refractivity contribution in [3.05, 3.63) is 41.0 Å². The number of carboxylic acid groups (broad SMARTS) is 1. The highest BCUT2D eigenvalue weighted by atomic mass is 35.5. The maximum Gasteiger partial charge on any atom is 0.309 e. The Morgan fingerprint density at radius 1 is 1.32 bits per heavy atom. The highest BCUT2D eigenvalue weighted by Crippen LogP contribution is 2.25. The highest BCUT2D eigenvalue weighted by Gasteiger charge is 2.26. The molecule has 0 aliphatic carbocycles. The Morgan fingerprint density at radius 3 is 2.73 bits per heavy atom. The molecular weight excluding hydrogens is 304 g/mol. The van der Waals surface area contributed by atoms with E-state index in [2.05, 4.69) is 10.3 Å². The number of aromatic nitrogens is 1. The van der Waals surface area contributed by atoms with Gasteiger partial charge in [0.1, 0.15) is 0 Å². The summed E-state index contributed by atoms with van der Waals surface area (Å²) in [7, 11) is 0. The van der Waals surface area contributed by atoms with Crippen LogP contribution in [0, 0.1) is 5.41 Å². The fourth-order valence-electron chi connectivity index (χ4n) is 2.01. The molecule has 116 valence electrons. The van der Waals surface area contributed by atoms with Crippen molar-refractivity contribution in [3.8, 4) is 0 Å². The van der Waals surface area contributed by atoms with E-state index in [1.165, 1.54) is 0 Å². The number of carbonyl (C=O) groups excluding carboxylic acids is 1. The monoisotopic (exact) mass is 320 g/mol. The van der Waals surface area contributed by atoms with Crippen molar-refractivity contribution < 1.29 is 14.7 Å². The van der Waals surface area contributed by atoms with Crippen LogP contribution in [-0.2, 0) is 4.79 Å². The third-order valence-electron chi connectivity index (χ3n) is 3.58. The Morgan fingerprint density at radius 2 is 2.05 bits per heavy atom. The molecular formula is C16H17ClN2O3. The van der Waals surface area contributed by atoms with Crippen LogP contribution in [0.1, 0.15) is 30.6 Å². The van der Waals surface area contributed by atoms with Crippen molar-refractivity contribution in [3.63, 3.8) is 0 Å². The number of halogens is 1. The average Bonchev–Trinajstić information content (AvgIpc) is 2.47. The molecule has 0 aliphatic rings. The third kappa shape index (κ3) is 3.36. The van der Waals surface area contributed by atoms with E-state index < -0.39 is 11.4 Å². The molecule has 0 aliphatic heterocycles. The van der Waals surface area contributed by atoms with Gasteiger partial charge < -0.3 is 10.4 Å². The second-order valence-electron chi connectivity index (χ2n) is 5.69. The zero-order chi connectivity index (χ0) is 16.3. The minimum Gasteiger partial charge on any atom is -0.481 e. The van der Waals surface area contributed by atoms with Crippen LogP contribution < -0.4 is 5.32 Å². The molecule has 2 rings (SSSR count). The van der Waals surface area contributed by atoms with Crippen LogP contribution in [0.15, 0.2) is 30.5 Å². The number of hydrogen-bond acceptors (Lipinski definition) is 3. The number of nitrogens with one attached hydrogen (secondary N) is 1. The second-order valence-corrected chi connectivity index (χ2v) is 6.10. The first-order valence-electron chi connectivity index (χ1n) is 6.88. The first-order chi connectivity index (χ1) is 10.3. The summed E-state index contributed by atoms with van der Waals surface area (Å²) in [6.07, 6.45) is 1.94. The smallest absolute Gasteiger partial charge is 0.309 e. The number of carbonyl (C=O) groups is 2. The van der Waals surface area contributed by atoms with E-state index >= 15 is 0 Å². The SMILES string of the molecule is CC(C)(CCNC(=O)c1ccc(Cl)c2cccnc12)C(=O)O. The number of rotatable bonds is 5. The molecule has 1 aromatic heterocycles. The minimum absolute atomic E-state index is 0.273. The molecule has 0 bridgehead atoms. The van der Waals surface area contributed by atoms with Crippen LogP contribution in [0.2, 0.25) is 5.02 Å². The molecule has 0 radical (unpaired) electrons. The highest BCUT2D eigenvalue weighted by molar-refractivity contribution is 6.36. The van der Waals surface area contributed by atoms with E-state index in [-0.39, 0.29) is 12.5 Å². The van der Waals surface area contributed by atoms with Crippen LogP contribution in [0.3, 0.4) is 0 Å². The maximum atomic E-state index is 12.3. The van der Waals surface area contributed by atoms with E-state index in [1.54, 1.807) is 44.3 Å². The number of nitrogens with zero attached hydrogens (tertiary/aromatic N) is 1. The fraction of sp³-hybridized carbons (Fsp3) is 0.312. The largest absolute Gasteiger partial charge is 0.481 e. The number of hydrogen-bond donors (Lipinski definition) is 2. The molecule has 0 fully saturated rings. The normalized spacial score (nSPS) is 11.4. The van der Waals surface area contributed by atoms with Gasteiger partial charge in [-0.3, -0.25) is 14.6 Å². The molecule has 2 N–H and O–H groups in total. The number of benzene rings is 1. The molecule has 1 aromatic carbocycles. The van der Waals surface area contributed by atoms with Gasteiger partial charge in [-0.2, -0.15) is 0 Å². The van der Waals surface area contributed by atoms with Crippen molar-refractivity contribution in [2.45, 2.75) is 20.3 Å². The predicted molar refractivity (Wildman–Crippen MR) is 85.1 cm³/mol. The molecule has 22 heavy (non-hydrogen) atoms. The van der Waals surface area contributed by atoms with Gasteiger partial charge in [0.05, 0.1) is 21.5 Å². The van der Waals surface area contributed by atoms with Gasteiger partial charge >= 0.3 is 5.97 Å². The van der Waals surface area contributed by atoms with Gasteiger partial charge in [0.2, 0.25) is 0 Å². The Hall–Kier alpha value is -2.14. The van der Waals surface area contributed by atoms with Crippen molar-refractivity contribution in [2.24, 2.45) is 5.41 Å². The first-order valence-corrected chi connectivity index (χ1v) is 7.25. The second kappa shape index (κ2) is 6.32. The van der Waals surface area contributed by atoms with Crippen LogP contribution in [0.25, 0.3) is 10.9 Å². The van der Waals surface area contributed by atoms with E-state index in [4.69, 9.17) is 16.7 Å². The maximum absolute atomic E-state index is 12.3. The number of carboxylic acids is 1. The standard InChI is InChI=1S/C16H17ClN2O3/c1-16(2,15(21)22)7-9-19-14(20)11-5-6-12(17)10-4-3-8-18-13(10)11/h3-6,8H,7,9H2,1-2H3,(H,19,20)(H,21,22). The lowest BCUT2D eigenvalue weighted by molar-refractivity contribution is -0.147. The van der Waals surface area contributed by atoms with Gasteiger partial charge in [-0.25, -0.2) is 0 Å². The summed E-state index contributed by atoms with van der Waals surface area (Å²) in [6.45, 7) is 3.52. The molecule has 0 saturated heterocycles. The summed E-state index contributed by atoms with van der Waals surface area (Å²) in [5.74, 6) is -1.18. The lowest BCUT2D eigenvalue weighted by atomic mass is 9.89. The summed E-state index contributed by atoms with van der Waals surface area (Å²) in [5.41, 5.74) is 0.0752. The van der Waals surface area contributed by atoms with E-state index in [0.717, 1.165) is 0 Å². The van der Waals surface area contributed by atoms with E-state index in [9.17, 15) is 9.59 Å². The van der Waals surface area contributed by atoms with E-state index in [1.807, 2.05) is 0 Å². The van der Waals surface area contributed by atoms with Crippen LogP contribution >= 0.6 is 11.6 Å². The minimum atomic E-state index is -0.889. The van der Waals surface area contributed by atoms with Gasteiger partial charge in [-0.05, 0) is 44.5 Å². The molecule has 5 nitrogen and oxygen atoms in total. The number of amides is 1. The summed E-state index contributed by atoms with van der Waals surface area (Å²) in [6, 6.07) is 6.83. The predicted octanol–water partition coefficient (Wildman–Crippen LogP) is 3.12. The first kappa shape index (κ1) is 16.2. The Balaban J connectivity index is 2.14. The van der Waals surface area contributed by atoms with Gasteiger partial charge in [0.25, 0.3) is 5.91 Å². The summed E-state index contributed by atoms with van der Waals surface area (Å²) in [5, 5.41) is 13.0. The average molecular weight is 321 g/mol. The Bertz CT molecular complexity index is 728. The van der Waals surface area contributed by atoms with Crippen LogP contribution in [0.5, 0.6) is 0 Å². The number of fused-ring (bicyclic) bond motifs is 1.